The maximum Gasteiger partial charge on any atom is 0.305 e. The standard InChI is InChI=1S/C19H30O2/c1-3-4-5-6-7-8-9-10-11-12-13-14-15-16-17-18-19(20)21-2/h3-9,12,15-18H2,1-2H3. The molecule has 0 aromatic heterocycles. The van der Waals surface area contributed by atoms with Crippen molar-refractivity contribution in [1.82, 2.24) is 0 Å². The number of ether oxygens (including phenoxy) is 1. The first-order valence-electron chi connectivity index (χ1n) is 8.29. The van der Waals surface area contributed by atoms with E-state index in [-0.39, 0.29) is 5.97 Å². The Labute approximate surface area is 131 Å². The van der Waals surface area contributed by atoms with Crippen LogP contribution in [-0.2, 0) is 9.53 Å². The molecular weight excluding hydrogens is 260 g/mol. The van der Waals surface area contributed by atoms with Crippen LogP contribution < -0.4 is 0 Å². The average molecular weight is 290 g/mol. The molecule has 118 valence electrons. The van der Waals surface area contributed by atoms with Crippen LogP contribution in [0.15, 0.2) is 0 Å². The maximum absolute atomic E-state index is 10.9. The van der Waals surface area contributed by atoms with E-state index in [0.29, 0.717) is 12.8 Å². The van der Waals surface area contributed by atoms with Crippen LogP contribution in [0.3, 0.4) is 0 Å². The highest BCUT2D eigenvalue weighted by molar-refractivity contribution is 5.68. The quantitative estimate of drug-likeness (QED) is 0.326. The largest absolute Gasteiger partial charge is 0.469 e. The normalized spacial score (nSPS) is 9.24. The third-order valence-corrected chi connectivity index (χ3v) is 3.24. The van der Waals surface area contributed by atoms with Crippen LogP contribution in [0.2, 0.25) is 0 Å². The first kappa shape index (κ1) is 19.6. The molecule has 0 heterocycles. The summed E-state index contributed by atoms with van der Waals surface area (Å²) in [6.45, 7) is 2.24. The number of hydrogen-bond acceptors (Lipinski definition) is 2. The molecule has 0 saturated carbocycles. The zero-order valence-corrected chi connectivity index (χ0v) is 13.8. The van der Waals surface area contributed by atoms with E-state index in [1.807, 2.05) is 0 Å². The van der Waals surface area contributed by atoms with E-state index in [4.69, 9.17) is 0 Å². The van der Waals surface area contributed by atoms with E-state index in [2.05, 4.69) is 35.3 Å². The first-order chi connectivity index (χ1) is 10.3. The van der Waals surface area contributed by atoms with Gasteiger partial charge in [0.05, 0.1) is 13.5 Å². The SMILES string of the molecule is CCCCCCCCC#CCC#CCCCCC(=O)OC. The fourth-order valence-electron chi connectivity index (χ4n) is 1.92. The predicted octanol–water partition coefficient (Wildman–Crippen LogP) is 4.87. The van der Waals surface area contributed by atoms with E-state index >= 15 is 0 Å². The molecule has 21 heavy (non-hydrogen) atoms. The van der Waals surface area contributed by atoms with E-state index in [1.165, 1.54) is 45.6 Å². The van der Waals surface area contributed by atoms with Gasteiger partial charge in [-0.1, -0.05) is 50.9 Å². The van der Waals surface area contributed by atoms with Gasteiger partial charge < -0.3 is 4.74 Å². The zero-order chi connectivity index (χ0) is 15.6. The van der Waals surface area contributed by atoms with Crippen molar-refractivity contribution in [3.05, 3.63) is 0 Å². The van der Waals surface area contributed by atoms with Crippen molar-refractivity contribution in [3.63, 3.8) is 0 Å². The molecule has 0 unspecified atom stereocenters. The van der Waals surface area contributed by atoms with Gasteiger partial charge in [-0.15, -0.1) is 11.8 Å². The van der Waals surface area contributed by atoms with Gasteiger partial charge in [0, 0.05) is 19.3 Å². The van der Waals surface area contributed by atoms with Gasteiger partial charge in [-0.25, -0.2) is 0 Å². The van der Waals surface area contributed by atoms with Gasteiger partial charge >= 0.3 is 5.97 Å². The maximum atomic E-state index is 10.9. The lowest BCUT2D eigenvalue weighted by molar-refractivity contribution is -0.140. The Bertz CT molecular complexity index is 362. The molecule has 0 aliphatic carbocycles. The summed E-state index contributed by atoms with van der Waals surface area (Å²) < 4.78 is 4.58. The number of unbranched alkanes of at least 4 members (excludes halogenated alkanes) is 8. The Kier molecular flexibility index (Phi) is 15.5. The van der Waals surface area contributed by atoms with Gasteiger partial charge in [0.15, 0.2) is 0 Å². The first-order valence-corrected chi connectivity index (χ1v) is 8.29. The summed E-state index contributed by atoms with van der Waals surface area (Å²) in [5.74, 6) is 12.3. The number of hydrogen-bond donors (Lipinski definition) is 0. The molecule has 0 bridgehead atoms. The Hall–Kier alpha value is -1.41. The van der Waals surface area contributed by atoms with E-state index in [1.54, 1.807) is 0 Å². The third kappa shape index (κ3) is 16.5. The summed E-state index contributed by atoms with van der Waals surface area (Å²) >= 11 is 0. The summed E-state index contributed by atoms with van der Waals surface area (Å²) in [6, 6.07) is 0. The lowest BCUT2D eigenvalue weighted by Crippen LogP contribution is -1.98. The molecule has 0 atom stereocenters. The molecule has 2 heteroatoms. The smallest absolute Gasteiger partial charge is 0.305 e. The van der Waals surface area contributed by atoms with Crippen LogP contribution in [0, 0.1) is 23.7 Å². The van der Waals surface area contributed by atoms with Crippen LogP contribution in [-0.4, -0.2) is 13.1 Å². The number of esters is 1. The second-order valence-electron chi connectivity index (χ2n) is 5.18. The number of carbonyl (C=O) groups excluding carboxylic acids is 1. The highest BCUT2D eigenvalue weighted by atomic mass is 16.5. The molecule has 0 amide bonds. The van der Waals surface area contributed by atoms with Gasteiger partial charge in [0.1, 0.15) is 0 Å². The number of rotatable bonds is 10. The molecule has 0 rings (SSSR count). The zero-order valence-electron chi connectivity index (χ0n) is 13.8. The second-order valence-corrected chi connectivity index (χ2v) is 5.18. The van der Waals surface area contributed by atoms with Crippen molar-refractivity contribution in [1.29, 1.82) is 0 Å². The van der Waals surface area contributed by atoms with Crippen molar-refractivity contribution in [3.8, 4) is 23.7 Å². The van der Waals surface area contributed by atoms with Crippen LogP contribution in [0.5, 0.6) is 0 Å². The molecule has 0 aromatic rings. The molecule has 0 aliphatic rings. The minimum atomic E-state index is -0.136. The van der Waals surface area contributed by atoms with Crippen molar-refractivity contribution >= 4 is 5.97 Å². The summed E-state index contributed by atoms with van der Waals surface area (Å²) in [7, 11) is 1.42. The van der Waals surface area contributed by atoms with E-state index in [0.717, 1.165) is 25.7 Å². The Morgan fingerprint density at radius 2 is 1.38 bits per heavy atom. The Morgan fingerprint density at radius 1 is 0.810 bits per heavy atom. The van der Waals surface area contributed by atoms with Crippen molar-refractivity contribution < 1.29 is 9.53 Å². The summed E-state index contributed by atoms with van der Waals surface area (Å²) in [6.07, 6.45) is 12.7. The molecule has 0 N–H and O–H groups in total. The van der Waals surface area contributed by atoms with Crippen molar-refractivity contribution in [2.45, 2.75) is 84.0 Å². The van der Waals surface area contributed by atoms with Crippen LogP contribution >= 0.6 is 0 Å². The third-order valence-electron chi connectivity index (χ3n) is 3.24. The van der Waals surface area contributed by atoms with Gasteiger partial charge in [0.25, 0.3) is 0 Å². The predicted molar refractivity (Wildman–Crippen MR) is 88.6 cm³/mol. The fourth-order valence-corrected chi connectivity index (χ4v) is 1.92. The van der Waals surface area contributed by atoms with Crippen molar-refractivity contribution in [2.75, 3.05) is 7.11 Å². The van der Waals surface area contributed by atoms with Crippen molar-refractivity contribution in [2.24, 2.45) is 0 Å². The molecule has 0 aromatic carbocycles. The lowest BCUT2D eigenvalue weighted by Gasteiger charge is -1.96. The topological polar surface area (TPSA) is 26.3 Å². The monoisotopic (exact) mass is 290 g/mol. The van der Waals surface area contributed by atoms with E-state index < -0.39 is 0 Å². The van der Waals surface area contributed by atoms with Crippen LogP contribution in [0.25, 0.3) is 0 Å². The second kappa shape index (κ2) is 16.6. The average Bonchev–Trinajstić information content (AvgIpc) is 2.50. The summed E-state index contributed by atoms with van der Waals surface area (Å²) in [5.41, 5.74) is 0. The summed E-state index contributed by atoms with van der Waals surface area (Å²) in [5, 5.41) is 0. The lowest BCUT2D eigenvalue weighted by atomic mass is 10.1. The van der Waals surface area contributed by atoms with E-state index in [9.17, 15) is 4.79 Å². The Balaban J connectivity index is 3.33. The molecule has 2 nitrogen and oxygen atoms in total. The summed E-state index contributed by atoms with van der Waals surface area (Å²) in [4.78, 5) is 10.9. The molecule has 0 saturated heterocycles. The molecule has 0 spiro atoms. The minimum absolute atomic E-state index is 0.136. The molecule has 0 radical (unpaired) electrons. The van der Waals surface area contributed by atoms with Gasteiger partial charge in [-0.05, 0) is 19.3 Å². The van der Waals surface area contributed by atoms with Gasteiger partial charge in [-0.2, -0.15) is 0 Å². The fraction of sp³-hybridized carbons (Fsp3) is 0.737. The number of methoxy groups -OCH3 is 1. The molecular formula is C19H30O2. The number of carbonyl (C=O) groups is 1. The van der Waals surface area contributed by atoms with Crippen LogP contribution in [0.1, 0.15) is 84.0 Å². The molecule has 0 fully saturated rings. The van der Waals surface area contributed by atoms with Crippen LogP contribution in [0.4, 0.5) is 0 Å². The Morgan fingerprint density at radius 3 is 2.00 bits per heavy atom. The highest BCUT2D eigenvalue weighted by Crippen LogP contribution is 2.06. The van der Waals surface area contributed by atoms with Gasteiger partial charge in [0.2, 0.25) is 0 Å². The minimum Gasteiger partial charge on any atom is -0.469 e. The molecule has 0 aliphatic heterocycles. The highest BCUT2D eigenvalue weighted by Gasteiger charge is 1.97. The van der Waals surface area contributed by atoms with Gasteiger partial charge in [-0.3, -0.25) is 4.79 Å².